The van der Waals surface area contributed by atoms with E-state index in [0.717, 1.165) is 48.6 Å². The van der Waals surface area contributed by atoms with Crippen molar-refractivity contribution in [3.05, 3.63) is 17.3 Å². The maximum atomic E-state index is 12.1. The van der Waals surface area contributed by atoms with Crippen molar-refractivity contribution in [1.29, 1.82) is 0 Å². The summed E-state index contributed by atoms with van der Waals surface area (Å²) in [5, 5.41) is 6.01. The number of ether oxygens (including phenoxy) is 1. The molecule has 3 heterocycles. The molecule has 0 unspecified atom stereocenters. The van der Waals surface area contributed by atoms with Crippen molar-refractivity contribution in [2.45, 2.75) is 13.3 Å². The van der Waals surface area contributed by atoms with Gasteiger partial charge in [0.1, 0.15) is 17.0 Å². The van der Waals surface area contributed by atoms with Gasteiger partial charge >= 0.3 is 5.97 Å². The molecule has 7 heteroatoms. The molecule has 0 atom stereocenters. The van der Waals surface area contributed by atoms with Gasteiger partial charge in [0.25, 0.3) is 0 Å². The van der Waals surface area contributed by atoms with Crippen LogP contribution in [0.25, 0.3) is 10.2 Å². The summed E-state index contributed by atoms with van der Waals surface area (Å²) >= 11 is 1.46. The lowest BCUT2D eigenvalue weighted by atomic mass is 10.2. The average molecular weight is 306 g/mol. The Hall–Kier alpha value is -1.73. The zero-order valence-corrected chi connectivity index (χ0v) is 12.8. The third kappa shape index (κ3) is 2.84. The highest BCUT2D eigenvalue weighted by Crippen LogP contribution is 2.32. The third-order valence-corrected chi connectivity index (χ3v) is 4.37. The zero-order valence-electron chi connectivity index (χ0n) is 12.0. The highest BCUT2D eigenvalue weighted by Gasteiger charge is 2.21. The molecule has 112 valence electrons. The number of fused-ring (bicyclic) bond motifs is 1. The Balaban J connectivity index is 2.04. The lowest BCUT2D eigenvalue weighted by Crippen LogP contribution is -2.29. The molecule has 1 fully saturated rings. The molecule has 0 radical (unpaired) electrons. The first-order valence-electron chi connectivity index (χ1n) is 7.16. The molecule has 0 amide bonds. The fraction of sp³-hybridized carbons (Fsp3) is 0.500. The SMILES string of the molecule is CCOC(=O)c1csc2ncnc(N3CCCNCC3)c12. The minimum absolute atomic E-state index is 0.298. The Labute approximate surface area is 127 Å². The molecule has 1 saturated heterocycles. The van der Waals surface area contributed by atoms with Crippen molar-refractivity contribution < 1.29 is 9.53 Å². The molecule has 0 aromatic carbocycles. The lowest BCUT2D eigenvalue weighted by Gasteiger charge is -2.21. The van der Waals surface area contributed by atoms with Gasteiger partial charge in [0.15, 0.2) is 0 Å². The first-order valence-corrected chi connectivity index (χ1v) is 8.04. The molecule has 1 N–H and O–H groups in total. The minimum atomic E-state index is -0.298. The Morgan fingerprint density at radius 2 is 2.33 bits per heavy atom. The zero-order chi connectivity index (χ0) is 14.7. The Morgan fingerprint density at radius 1 is 1.43 bits per heavy atom. The summed E-state index contributed by atoms with van der Waals surface area (Å²) in [7, 11) is 0. The van der Waals surface area contributed by atoms with E-state index in [4.69, 9.17) is 4.74 Å². The first kappa shape index (κ1) is 14.2. The highest BCUT2D eigenvalue weighted by atomic mass is 32.1. The van der Waals surface area contributed by atoms with E-state index in [2.05, 4.69) is 20.2 Å². The van der Waals surface area contributed by atoms with E-state index in [1.807, 2.05) is 12.3 Å². The molecule has 0 aliphatic carbocycles. The molecule has 0 spiro atoms. The molecule has 1 aliphatic heterocycles. The third-order valence-electron chi connectivity index (χ3n) is 3.49. The van der Waals surface area contributed by atoms with E-state index in [9.17, 15) is 4.79 Å². The van der Waals surface area contributed by atoms with Crippen LogP contribution in [0.5, 0.6) is 0 Å². The summed E-state index contributed by atoms with van der Waals surface area (Å²) in [4.78, 5) is 23.9. The van der Waals surface area contributed by atoms with E-state index < -0.39 is 0 Å². The van der Waals surface area contributed by atoms with Crippen molar-refractivity contribution in [3.63, 3.8) is 0 Å². The smallest absolute Gasteiger partial charge is 0.339 e. The second kappa shape index (κ2) is 6.36. The molecule has 0 bridgehead atoms. The molecule has 0 saturated carbocycles. The number of aromatic nitrogens is 2. The Kier molecular flexibility index (Phi) is 4.31. The second-order valence-corrected chi connectivity index (χ2v) is 5.70. The normalized spacial score (nSPS) is 16.0. The fourth-order valence-corrected chi connectivity index (χ4v) is 3.39. The molecule has 2 aromatic heterocycles. The highest BCUT2D eigenvalue weighted by molar-refractivity contribution is 7.17. The number of esters is 1. The number of carbonyl (C=O) groups is 1. The summed E-state index contributed by atoms with van der Waals surface area (Å²) in [6.07, 6.45) is 2.63. The van der Waals surface area contributed by atoms with Gasteiger partial charge in [0.2, 0.25) is 0 Å². The Morgan fingerprint density at radius 3 is 3.19 bits per heavy atom. The van der Waals surface area contributed by atoms with Crippen LogP contribution in [0.1, 0.15) is 23.7 Å². The number of anilines is 1. The molecule has 3 rings (SSSR count). The van der Waals surface area contributed by atoms with E-state index in [1.165, 1.54) is 11.3 Å². The van der Waals surface area contributed by atoms with Gasteiger partial charge in [0, 0.05) is 25.0 Å². The number of carbonyl (C=O) groups excluding carboxylic acids is 1. The molecule has 1 aliphatic rings. The van der Waals surface area contributed by atoms with Gasteiger partial charge in [-0.1, -0.05) is 0 Å². The lowest BCUT2D eigenvalue weighted by molar-refractivity contribution is 0.0529. The number of nitrogens with zero attached hydrogens (tertiary/aromatic N) is 3. The summed E-state index contributed by atoms with van der Waals surface area (Å²) in [6.45, 7) is 5.92. The molecule has 6 nitrogen and oxygen atoms in total. The largest absolute Gasteiger partial charge is 0.462 e. The van der Waals surface area contributed by atoms with Crippen LogP contribution in [0.15, 0.2) is 11.7 Å². The van der Waals surface area contributed by atoms with E-state index in [-0.39, 0.29) is 5.97 Å². The summed E-state index contributed by atoms with van der Waals surface area (Å²) in [6, 6.07) is 0. The van der Waals surface area contributed by atoms with Crippen LogP contribution in [-0.2, 0) is 4.74 Å². The van der Waals surface area contributed by atoms with Gasteiger partial charge in [-0.25, -0.2) is 14.8 Å². The van der Waals surface area contributed by atoms with Crippen molar-refractivity contribution in [3.8, 4) is 0 Å². The molecular formula is C14H18N4O2S. The number of hydrogen-bond donors (Lipinski definition) is 1. The first-order chi connectivity index (χ1) is 10.3. The number of nitrogens with one attached hydrogen (secondary N) is 1. The maximum Gasteiger partial charge on any atom is 0.339 e. The fourth-order valence-electron chi connectivity index (χ4n) is 2.52. The number of hydrogen-bond acceptors (Lipinski definition) is 7. The van der Waals surface area contributed by atoms with E-state index in [0.29, 0.717) is 12.2 Å². The van der Waals surface area contributed by atoms with Gasteiger partial charge in [-0.05, 0) is 19.9 Å². The summed E-state index contributed by atoms with van der Waals surface area (Å²) in [5.74, 6) is 0.542. The molecular weight excluding hydrogens is 288 g/mol. The van der Waals surface area contributed by atoms with E-state index >= 15 is 0 Å². The van der Waals surface area contributed by atoms with Crippen LogP contribution in [0, 0.1) is 0 Å². The van der Waals surface area contributed by atoms with Gasteiger partial charge in [-0.2, -0.15) is 0 Å². The van der Waals surface area contributed by atoms with Crippen LogP contribution < -0.4 is 10.2 Å². The van der Waals surface area contributed by atoms with Gasteiger partial charge in [-0.15, -0.1) is 11.3 Å². The second-order valence-electron chi connectivity index (χ2n) is 4.84. The molecule has 2 aromatic rings. The number of rotatable bonds is 3. The Bertz CT molecular complexity index is 635. The monoisotopic (exact) mass is 306 g/mol. The maximum absolute atomic E-state index is 12.1. The van der Waals surface area contributed by atoms with Crippen LogP contribution in [0.2, 0.25) is 0 Å². The number of thiophene rings is 1. The minimum Gasteiger partial charge on any atom is -0.462 e. The van der Waals surface area contributed by atoms with Crippen molar-refractivity contribution in [2.75, 3.05) is 37.7 Å². The van der Waals surface area contributed by atoms with Crippen molar-refractivity contribution in [2.24, 2.45) is 0 Å². The van der Waals surface area contributed by atoms with Gasteiger partial charge in [0.05, 0.1) is 17.6 Å². The van der Waals surface area contributed by atoms with Crippen LogP contribution >= 0.6 is 11.3 Å². The predicted octanol–water partition coefficient (Wildman–Crippen LogP) is 1.67. The summed E-state index contributed by atoms with van der Waals surface area (Å²) in [5.41, 5.74) is 0.574. The quantitative estimate of drug-likeness (QED) is 0.870. The van der Waals surface area contributed by atoms with Gasteiger partial charge < -0.3 is 15.0 Å². The van der Waals surface area contributed by atoms with Crippen molar-refractivity contribution in [1.82, 2.24) is 15.3 Å². The molecule has 21 heavy (non-hydrogen) atoms. The standard InChI is InChI=1S/C14H18N4O2S/c1-2-20-14(19)10-8-21-13-11(10)12(16-9-17-13)18-6-3-4-15-5-7-18/h8-9,15H,2-7H2,1H3. The van der Waals surface area contributed by atoms with Crippen molar-refractivity contribution >= 4 is 33.3 Å². The van der Waals surface area contributed by atoms with Crippen LogP contribution in [0.4, 0.5) is 5.82 Å². The topological polar surface area (TPSA) is 67.3 Å². The average Bonchev–Trinajstić information content (AvgIpc) is 2.75. The van der Waals surface area contributed by atoms with Crippen LogP contribution in [0.3, 0.4) is 0 Å². The predicted molar refractivity (Wildman–Crippen MR) is 83.1 cm³/mol. The van der Waals surface area contributed by atoms with E-state index in [1.54, 1.807) is 6.33 Å². The van der Waals surface area contributed by atoms with Crippen LogP contribution in [-0.4, -0.2) is 48.7 Å². The van der Waals surface area contributed by atoms with Gasteiger partial charge in [-0.3, -0.25) is 0 Å². The summed E-state index contributed by atoms with van der Waals surface area (Å²) < 4.78 is 5.14.